The number of hydrogen-bond donors (Lipinski definition) is 4. The van der Waals surface area contributed by atoms with E-state index in [1.807, 2.05) is 38.9 Å². The number of phenolic OH excluding ortho intramolecular Hbond substituents is 1. The van der Waals surface area contributed by atoms with Gasteiger partial charge in [0.05, 0.1) is 24.1 Å². The zero-order chi connectivity index (χ0) is 33.5. The summed E-state index contributed by atoms with van der Waals surface area (Å²) >= 11 is 0. The van der Waals surface area contributed by atoms with Crippen LogP contribution in [-0.2, 0) is 38.7 Å². The number of hydrogen-bond acceptors (Lipinski definition) is 11. The summed E-state index contributed by atoms with van der Waals surface area (Å²) in [6.07, 6.45) is 0.0838. The van der Waals surface area contributed by atoms with E-state index in [0.717, 1.165) is 11.3 Å². The third kappa shape index (κ3) is 4.48. The number of phenols is 1. The molecule has 0 radical (unpaired) electrons. The predicted octanol–water partition coefficient (Wildman–Crippen LogP) is 1.21. The second-order valence-electron chi connectivity index (χ2n) is 14.0. The van der Waals surface area contributed by atoms with Gasteiger partial charge in [0, 0.05) is 37.3 Å². The third-order valence-corrected chi connectivity index (χ3v) is 10.4. The number of nitrogens with two attached hydrogens (primary N) is 1. The minimum Gasteiger partial charge on any atom is -0.507 e. The minimum absolute atomic E-state index is 0.0411. The largest absolute Gasteiger partial charge is 0.507 e. The van der Waals surface area contributed by atoms with E-state index in [1.165, 1.54) is 11.8 Å². The molecule has 1 heterocycles. The molecule has 0 bridgehead atoms. The Balaban J connectivity index is 1.62. The Morgan fingerprint density at radius 3 is 2.24 bits per heavy atom. The maximum Gasteiger partial charge on any atom is 0.235 e. The van der Waals surface area contributed by atoms with Crippen molar-refractivity contribution >= 4 is 34.7 Å². The highest BCUT2D eigenvalue weighted by atomic mass is 16.3. The molecule has 5 rings (SSSR count). The van der Waals surface area contributed by atoms with Crippen LogP contribution in [0.2, 0.25) is 0 Å². The summed E-state index contributed by atoms with van der Waals surface area (Å²) in [6, 6.07) is 2.50. The van der Waals surface area contributed by atoms with Gasteiger partial charge in [-0.25, -0.2) is 0 Å². The number of carbonyl (C=O) groups is 5. The van der Waals surface area contributed by atoms with E-state index in [1.54, 1.807) is 27.1 Å². The number of amides is 1. The highest BCUT2D eigenvalue weighted by molar-refractivity contribution is 6.33. The Hall–Kier alpha value is -3.87. The van der Waals surface area contributed by atoms with Crippen LogP contribution in [0.3, 0.4) is 0 Å². The van der Waals surface area contributed by atoms with E-state index in [9.17, 15) is 34.2 Å². The Morgan fingerprint density at radius 1 is 1.07 bits per heavy atom. The first kappa shape index (κ1) is 32.5. The number of nitrogens with zero attached hydrogens (tertiary/aromatic N) is 2. The Kier molecular flexibility index (Phi) is 7.66. The maximum atomic E-state index is 14.5. The number of likely N-dealkylation sites (N-methyl/N-ethyl adjacent to an activating group) is 1. The van der Waals surface area contributed by atoms with Gasteiger partial charge in [0.2, 0.25) is 5.91 Å². The van der Waals surface area contributed by atoms with Crippen molar-refractivity contribution in [1.82, 2.24) is 10.2 Å². The molecule has 1 aromatic carbocycles. The van der Waals surface area contributed by atoms with Crippen LogP contribution in [0.5, 0.6) is 5.75 Å². The fraction of sp³-hybridized carbons (Fsp3) is 0.545. The average Bonchev–Trinajstić information content (AvgIpc) is 3.23. The van der Waals surface area contributed by atoms with Crippen molar-refractivity contribution in [3.63, 3.8) is 0 Å². The molecule has 1 aromatic heterocycles. The van der Waals surface area contributed by atoms with Gasteiger partial charge in [0.15, 0.2) is 34.7 Å². The lowest BCUT2D eigenvalue weighted by Gasteiger charge is -2.61. The van der Waals surface area contributed by atoms with Gasteiger partial charge in [-0.05, 0) is 69.5 Å². The maximum absolute atomic E-state index is 14.5. The number of carbonyl (C=O) groups excluding carboxylic acids is 5. The summed E-state index contributed by atoms with van der Waals surface area (Å²) in [6.45, 7) is 7.59. The predicted molar refractivity (Wildman–Crippen MR) is 164 cm³/mol. The number of anilines is 1. The van der Waals surface area contributed by atoms with Gasteiger partial charge in [-0.2, -0.15) is 0 Å². The van der Waals surface area contributed by atoms with Crippen LogP contribution in [0, 0.1) is 36.5 Å². The van der Waals surface area contributed by atoms with Gasteiger partial charge in [-0.1, -0.05) is 13.8 Å². The molecule has 0 aliphatic heterocycles. The number of nitrogens with one attached hydrogen (secondary N) is 1. The molecular weight excluding hydrogens is 580 g/mol. The molecule has 3 aliphatic carbocycles. The van der Waals surface area contributed by atoms with E-state index in [0.29, 0.717) is 29.1 Å². The summed E-state index contributed by atoms with van der Waals surface area (Å²) in [5.74, 6) is -7.48. The van der Waals surface area contributed by atoms with Crippen molar-refractivity contribution in [2.45, 2.75) is 65.3 Å². The highest BCUT2D eigenvalue weighted by Crippen LogP contribution is 2.62. The quantitative estimate of drug-likeness (QED) is 0.326. The lowest BCUT2D eigenvalue weighted by molar-refractivity contribution is -0.203. The van der Waals surface area contributed by atoms with Crippen LogP contribution in [0.25, 0.3) is 0 Å². The first-order chi connectivity index (χ1) is 20.8. The molecule has 2 aromatic rings. The topological polar surface area (TPSA) is 183 Å². The molecule has 12 nitrogen and oxygen atoms in total. The van der Waals surface area contributed by atoms with Crippen LogP contribution in [0.1, 0.15) is 58.8 Å². The number of furan rings is 1. The fourth-order valence-corrected chi connectivity index (χ4v) is 8.41. The molecule has 2 unspecified atom stereocenters. The lowest BCUT2D eigenvalue weighted by Crippen LogP contribution is -2.79. The fourth-order valence-electron chi connectivity index (χ4n) is 8.41. The van der Waals surface area contributed by atoms with Crippen LogP contribution in [0.4, 0.5) is 5.69 Å². The third-order valence-electron chi connectivity index (χ3n) is 10.4. The van der Waals surface area contributed by atoms with Crippen molar-refractivity contribution < 1.29 is 38.6 Å². The Bertz CT molecular complexity index is 1640. The number of aromatic hydroxyl groups is 1. The number of primary amides is 1. The van der Waals surface area contributed by atoms with Crippen LogP contribution < -0.4 is 16.0 Å². The van der Waals surface area contributed by atoms with Crippen molar-refractivity contribution in [2.24, 2.45) is 28.4 Å². The van der Waals surface area contributed by atoms with Crippen molar-refractivity contribution in [3.05, 3.63) is 45.9 Å². The second-order valence-corrected chi connectivity index (χ2v) is 14.0. The summed E-state index contributed by atoms with van der Waals surface area (Å²) in [7, 11) is 6.75. The molecule has 5 N–H and O–H groups in total. The molecule has 0 spiro atoms. The molecule has 2 saturated carbocycles. The molecule has 12 heteroatoms. The van der Waals surface area contributed by atoms with E-state index < -0.39 is 63.3 Å². The number of aryl methyl sites for hydroxylation is 2. The first-order valence-electron chi connectivity index (χ1n) is 15.0. The zero-order valence-corrected chi connectivity index (χ0v) is 27.0. The zero-order valence-electron chi connectivity index (χ0n) is 27.0. The Morgan fingerprint density at radius 2 is 1.71 bits per heavy atom. The van der Waals surface area contributed by atoms with Crippen LogP contribution in [-0.4, -0.2) is 84.0 Å². The molecular formula is C33H42N4O8. The van der Waals surface area contributed by atoms with Gasteiger partial charge >= 0.3 is 0 Å². The van der Waals surface area contributed by atoms with Gasteiger partial charge in [-0.15, -0.1) is 0 Å². The molecule has 2 fully saturated rings. The monoisotopic (exact) mass is 622 g/mol. The van der Waals surface area contributed by atoms with Gasteiger partial charge in [-0.3, -0.25) is 28.9 Å². The molecule has 1 amide bonds. The number of ketones is 4. The molecule has 6 atom stereocenters. The van der Waals surface area contributed by atoms with Gasteiger partial charge < -0.3 is 30.6 Å². The Labute approximate surface area is 261 Å². The normalized spacial score (nSPS) is 31.1. The number of Topliss-reactive ketones (excluding diaryl/α,β-unsaturated/α-hetero) is 4. The SMILES string of the molecule is Cc1cc(CNCc2cc(N(C)C)c3c(c2O)C(=O)C2C(=O)[C@]4(O)C(=O)C(C(N)=O)C(=O)[C@@H](N(C)C)[C@]4(C)C[C@]2(C)C3)oc1C. The van der Waals surface area contributed by atoms with Gasteiger partial charge in [0.25, 0.3) is 0 Å². The average molecular weight is 623 g/mol. The number of fused-ring (bicyclic) bond motifs is 3. The van der Waals surface area contributed by atoms with Gasteiger partial charge in [0.1, 0.15) is 17.3 Å². The van der Waals surface area contributed by atoms with E-state index >= 15 is 0 Å². The molecule has 0 saturated heterocycles. The van der Waals surface area contributed by atoms with Crippen molar-refractivity contribution in [3.8, 4) is 5.75 Å². The summed E-state index contributed by atoms with van der Waals surface area (Å²) < 4.78 is 5.73. The summed E-state index contributed by atoms with van der Waals surface area (Å²) in [5, 5.41) is 26.9. The van der Waals surface area contributed by atoms with Crippen LogP contribution >= 0.6 is 0 Å². The number of rotatable bonds is 7. The summed E-state index contributed by atoms with van der Waals surface area (Å²) in [5.41, 5.74) is 2.40. The van der Waals surface area contributed by atoms with Crippen LogP contribution in [0.15, 0.2) is 16.5 Å². The standard InChI is InChI=1S/C33H42N4O8/c1-15-9-18(45-16(15)2)13-35-12-17-10-20(36(5)6)19-11-31(3)14-32(4)27(37(7)8)26(40)22(30(34)43)28(41)33(32,44)29(42)23(31)25(39)21(19)24(17)38/h9-10,22-23,27,35,38,44H,11-14H2,1-8H3,(H2,34,43)/t22?,23?,27-,31+,32+,33-/m1/s1. The number of benzene rings is 1. The van der Waals surface area contributed by atoms with Crippen molar-refractivity contribution in [1.29, 1.82) is 0 Å². The lowest BCUT2D eigenvalue weighted by atomic mass is 9.42. The molecule has 3 aliphatic rings. The number of aliphatic hydroxyl groups is 1. The smallest absolute Gasteiger partial charge is 0.235 e. The second kappa shape index (κ2) is 10.6. The van der Waals surface area contributed by atoms with Crippen molar-refractivity contribution in [2.75, 3.05) is 33.1 Å². The highest BCUT2D eigenvalue weighted by Gasteiger charge is 2.76. The summed E-state index contributed by atoms with van der Waals surface area (Å²) in [4.78, 5) is 71.9. The minimum atomic E-state index is -2.84. The molecule has 45 heavy (non-hydrogen) atoms. The first-order valence-corrected chi connectivity index (χ1v) is 15.0. The van der Waals surface area contributed by atoms with E-state index in [-0.39, 0.29) is 30.7 Å². The van der Waals surface area contributed by atoms with E-state index in [4.69, 9.17) is 10.2 Å². The van der Waals surface area contributed by atoms with E-state index in [2.05, 4.69) is 5.32 Å². The molecule has 242 valence electrons.